The largest absolute Gasteiger partial charge is 0.281 e. The first-order valence-corrected chi connectivity index (χ1v) is 12.9. The molecule has 0 radical (unpaired) electrons. The van der Waals surface area contributed by atoms with Gasteiger partial charge in [0.05, 0.1) is 18.2 Å². The van der Waals surface area contributed by atoms with Crippen LogP contribution in [0.1, 0.15) is 18.9 Å². The number of benzene rings is 2. The maximum absolute atomic E-state index is 12.0. The first-order valence-electron chi connectivity index (χ1n) is 10.2. The number of hydrogen-bond donors (Lipinski definition) is 0. The van der Waals surface area contributed by atoms with Gasteiger partial charge in [-0.15, -0.1) is 5.10 Å². The lowest BCUT2D eigenvalue weighted by Crippen LogP contribution is -2.37. The molecule has 1 aliphatic rings. The zero-order valence-electron chi connectivity index (χ0n) is 17.5. The summed E-state index contributed by atoms with van der Waals surface area (Å²) in [6.45, 7) is 5.23. The fraction of sp³-hybridized carbons (Fsp3) is 0.364. The van der Waals surface area contributed by atoms with Crippen LogP contribution in [-0.2, 0) is 16.5 Å². The maximum atomic E-state index is 12.0. The number of nitrogens with zero attached hydrogens (tertiary/aromatic N) is 4. The summed E-state index contributed by atoms with van der Waals surface area (Å²) in [5.74, 6) is 1.16. The number of halogens is 1. The lowest BCUT2D eigenvalue weighted by atomic mass is 10.2. The Morgan fingerprint density at radius 3 is 2.42 bits per heavy atom. The number of sulfone groups is 1. The van der Waals surface area contributed by atoms with Gasteiger partial charge in [0, 0.05) is 22.3 Å². The Hall–Kier alpha value is -2.00. The maximum Gasteiger partial charge on any atom is 0.204 e. The van der Waals surface area contributed by atoms with Crippen molar-refractivity contribution in [3.63, 3.8) is 0 Å². The highest BCUT2D eigenvalue weighted by Crippen LogP contribution is 2.25. The van der Waals surface area contributed by atoms with Crippen molar-refractivity contribution in [2.24, 2.45) is 0 Å². The van der Waals surface area contributed by atoms with E-state index in [9.17, 15) is 8.42 Å². The summed E-state index contributed by atoms with van der Waals surface area (Å²) in [7, 11) is -2.97. The number of rotatable bonds is 6. The monoisotopic (exact) mass is 476 g/mol. The Kier molecular flexibility index (Phi) is 6.35. The molecule has 3 aromatic rings. The highest BCUT2D eigenvalue weighted by atomic mass is 35.5. The van der Waals surface area contributed by atoms with Crippen LogP contribution in [0.3, 0.4) is 0 Å². The van der Waals surface area contributed by atoms with Crippen molar-refractivity contribution in [3.8, 4) is 17.1 Å². The molecule has 2 aromatic carbocycles. The van der Waals surface area contributed by atoms with Crippen LogP contribution in [-0.4, -0.2) is 51.8 Å². The molecular weight excluding hydrogens is 452 g/mol. The fourth-order valence-corrected chi connectivity index (χ4v) is 6.10. The van der Waals surface area contributed by atoms with E-state index in [1.165, 1.54) is 0 Å². The van der Waals surface area contributed by atoms with Crippen molar-refractivity contribution in [1.82, 2.24) is 19.2 Å². The Labute approximate surface area is 193 Å². The van der Waals surface area contributed by atoms with Crippen molar-refractivity contribution in [1.29, 1.82) is 0 Å². The van der Waals surface area contributed by atoms with Crippen LogP contribution in [0.2, 0.25) is 5.02 Å². The zero-order valence-corrected chi connectivity index (χ0v) is 19.9. The van der Waals surface area contributed by atoms with Gasteiger partial charge in [-0.3, -0.25) is 9.47 Å². The molecule has 1 fully saturated rings. The molecule has 164 valence electrons. The summed E-state index contributed by atoms with van der Waals surface area (Å²) < 4.78 is 28.3. The standard InChI is InChI=1S/C22H25ClN4O2S2/c1-3-25(20-12-13-31(28,29)14-20)15-26-22(30)27(19-10-4-16(2)5-11-19)21(24-26)17-6-8-18(23)9-7-17/h4-11,20H,3,12-15H2,1-2H3/t20-/m1/s1. The minimum absolute atomic E-state index is 0.0135. The van der Waals surface area contributed by atoms with E-state index in [0.29, 0.717) is 22.9 Å². The van der Waals surface area contributed by atoms with Gasteiger partial charge in [-0.1, -0.05) is 36.2 Å². The Bertz CT molecular complexity index is 1230. The molecule has 0 spiro atoms. The van der Waals surface area contributed by atoms with Gasteiger partial charge < -0.3 is 0 Å². The third-order valence-electron chi connectivity index (χ3n) is 5.68. The molecule has 9 heteroatoms. The van der Waals surface area contributed by atoms with Gasteiger partial charge in [-0.05, 0) is 68.5 Å². The average molecular weight is 477 g/mol. The number of aromatic nitrogens is 3. The van der Waals surface area contributed by atoms with Gasteiger partial charge in [0.2, 0.25) is 4.77 Å². The summed E-state index contributed by atoms with van der Waals surface area (Å²) in [6.07, 6.45) is 0.645. The SMILES string of the molecule is CCN(Cn1nc(-c2ccc(Cl)cc2)n(-c2ccc(C)cc2)c1=S)[C@@H]1CCS(=O)(=O)C1. The molecule has 4 rings (SSSR count). The smallest absolute Gasteiger partial charge is 0.204 e. The van der Waals surface area contributed by atoms with Crippen molar-refractivity contribution in [2.45, 2.75) is 33.0 Å². The predicted molar refractivity (Wildman–Crippen MR) is 127 cm³/mol. The molecule has 0 N–H and O–H groups in total. The van der Waals surface area contributed by atoms with Crippen LogP contribution in [0.4, 0.5) is 0 Å². The zero-order chi connectivity index (χ0) is 22.2. The molecular formula is C22H25ClN4O2S2. The van der Waals surface area contributed by atoms with E-state index in [0.717, 1.165) is 29.2 Å². The second kappa shape index (κ2) is 8.86. The Morgan fingerprint density at radius 1 is 1.16 bits per heavy atom. The molecule has 0 aliphatic carbocycles. The Balaban J connectivity index is 1.76. The second-order valence-electron chi connectivity index (χ2n) is 7.89. The van der Waals surface area contributed by atoms with E-state index in [-0.39, 0.29) is 17.5 Å². The van der Waals surface area contributed by atoms with Crippen LogP contribution in [0.25, 0.3) is 17.1 Å². The Morgan fingerprint density at radius 2 is 1.84 bits per heavy atom. The third-order valence-corrected chi connectivity index (χ3v) is 8.08. The van der Waals surface area contributed by atoms with E-state index in [1.54, 1.807) is 4.68 Å². The van der Waals surface area contributed by atoms with E-state index >= 15 is 0 Å². The van der Waals surface area contributed by atoms with Gasteiger partial charge in [0.25, 0.3) is 0 Å². The van der Waals surface area contributed by atoms with Gasteiger partial charge in [0.15, 0.2) is 15.7 Å². The van der Waals surface area contributed by atoms with Crippen molar-refractivity contribution >= 4 is 33.7 Å². The summed E-state index contributed by atoms with van der Waals surface area (Å²) in [5, 5.41) is 5.50. The molecule has 1 atom stereocenters. The van der Waals surface area contributed by atoms with E-state index in [2.05, 4.69) is 4.90 Å². The summed E-state index contributed by atoms with van der Waals surface area (Å²) in [5.41, 5.74) is 3.00. The average Bonchev–Trinajstić information content (AvgIpc) is 3.26. The molecule has 1 aliphatic heterocycles. The molecule has 0 unspecified atom stereocenters. The van der Waals surface area contributed by atoms with Crippen LogP contribution < -0.4 is 0 Å². The second-order valence-corrected chi connectivity index (χ2v) is 10.9. The summed E-state index contributed by atoms with van der Waals surface area (Å²) >= 11 is 11.9. The highest BCUT2D eigenvalue weighted by Gasteiger charge is 2.32. The van der Waals surface area contributed by atoms with Crippen LogP contribution in [0.5, 0.6) is 0 Å². The van der Waals surface area contributed by atoms with Crippen molar-refractivity contribution < 1.29 is 8.42 Å². The molecule has 1 saturated heterocycles. The van der Waals surface area contributed by atoms with Crippen LogP contribution in [0.15, 0.2) is 48.5 Å². The number of hydrogen-bond acceptors (Lipinski definition) is 5. The molecule has 1 aromatic heterocycles. The minimum Gasteiger partial charge on any atom is -0.281 e. The first kappa shape index (κ1) is 22.2. The number of aryl methyl sites for hydroxylation is 1. The molecule has 2 heterocycles. The van der Waals surface area contributed by atoms with E-state index in [1.807, 2.05) is 66.9 Å². The topological polar surface area (TPSA) is 60.1 Å². The minimum atomic E-state index is -2.97. The fourth-order valence-electron chi connectivity index (χ4n) is 3.92. The first-order chi connectivity index (χ1) is 14.8. The lowest BCUT2D eigenvalue weighted by molar-refractivity contribution is 0.164. The van der Waals surface area contributed by atoms with Gasteiger partial charge in [0.1, 0.15) is 0 Å². The quantitative estimate of drug-likeness (QED) is 0.490. The molecule has 6 nitrogen and oxygen atoms in total. The van der Waals surface area contributed by atoms with Gasteiger partial charge in [-0.25, -0.2) is 13.1 Å². The lowest BCUT2D eigenvalue weighted by Gasteiger charge is -2.26. The molecule has 0 amide bonds. The highest BCUT2D eigenvalue weighted by molar-refractivity contribution is 7.91. The predicted octanol–water partition coefficient (Wildman–Crippen LogP) is 4.50. The third kappa shape index (κ3) is 4.77. The van der Waals surface area contributed by atoms with E-state index < -0.39 is 9.84 Å². The molecule has 0 bridgehead atoms. The summed E-state index contributed by atoms with van der Waals surface area (Å²) in [4.78, 5) is 2.14. The normalized spacial score (nSPS) is 18.0. The van der Waals surface area contributed by atoms with Gasteiger partial charge in [-0.2, -0.15) is 0 Å². The summed E-state index contributed by atoms with van der Waals surface area (Å²) in [6, 6.07) is 15.6. The van der Waals surface area contributed by atoms with Crippen LogP contribution in [0, 0.1) is 11.7 Å². The van der Waals surface area contributed by atoms with Crippen LogP contribution >= 0.6 is 23.8 Å². The van der Waals surface area contributed by atoms with Crippen molar-refractivity contribution in [2.75, 3.05) is 18.1 Å². The van der Waals surface area contributed by atoms with E-state index in [4.69, 9.17) is 28.9 Å². The molecule has 31 heavy (non-hydrogen) atoms. The van der Waals surface area contributed by atoms with Crippen molar-refractivity contribution in [3.05, 3.63) is 63.9 Å². The molecule has 0 saturated carbocycles. The van der Waals surface area contributed by atoms with Gasteiger partial charge >= 0.3 is 0 Å².